The van der Waals surface area contributed by atoms with Crippen molar-refractivity contribution in [3.8, 4) is 0 Å². The van der Waals surface area contributed by atoms with Gasteiger partial charge in [0.05, 0.1) is 24.1 Å². The van der Waals surface area contributed by atoms with E-state index in [1.165, 1.54) is 0 Å². The van der Waals surface area contributed by atoms with Crippen LogP contribution >= 0.6 is 0 Å². The number of likely N-dealkylation sites (tertiary alicyclic amines) is 2. The Labute approximate surface area is 154 Å². The molecule has 26 heavy (non-hydrogen) atoms. The lowest BCUT2D eigenvalue weighted by molar-refractivity contribution is -0.147. The van der Waals surface area contributed by atoms with Crippen molar-refractivity contribution < 1.29 is 14.3 Å². The monoisotopic (exact) mass is 360 g/mol. The molecule has 3 heterocycles. The number of ether oxygens (including phenoxy) is 1. The standard InChI is InChI=1S/C19H28N4O3/c1-14-10-21-16(11-20-14)12-23-13-19(5-4-17(23)24)6-8-22(9-7-19)18(25)15(2)26-3/h10-11,15H,4-9,12-13H2,1-3H3. The van der Waals surface area contributed by atoms with Crippen LogP contribution in [0.3, 0.4) is 0 Å². The summed E-state index contributed by atoms with van der Waals surface area (Å²) < 4.78 is 5.15. The summed E-state index contributed by atoms with van der Waals surface area (Å²) >= 11 is 0. The lowest BCUT2D eigenvalue weighted by atomic mass is 9.72. The fourth-order valence-electron chi connectivity index (χ4n) is 3.91. The van der Waals surface area contributed by atoms with Crippen LogP contribution in [0, 0.1) is 12.3 Å². The van der Waals surface area contributed by atoms with E-state index in [1.54, 1.807) is 26.4 Å². The van der Waals surface area contributed by atoms with Crippen molar-refractivity contribution in [3.05, 3.63) is 23.8 Å². The molecule has 1 unspecified atom stereocenters. The van der Waals surface area contributed by atoms with E-state index in [0.717, 1.165) is 50.3 Å². The number of carbonyl (C=O) groups is 2. The van der Waals surface area contributed by atoms with Gasteiger partial charge in [0.2, 0.25) is 5.91 Å². The van der Waals surface area contributed by atoms with Crippen LogP contribution in [0.5, 0.6) is 0 Å². The van der Waals surface area contributed by atoms with Gasteiger partial charge in [-0.3, -0.25) is 19.6 Å². The minimum Gasteiger partial charge on any atom is -0.372 e. The maximum atomic E-state index is 12.4. The van der Waals surface area contributed by atoms with Gasteiger partial charge in [-0.2, -0.15) is 0 Å². The Kier molecular flexibility index (Phi) is 5.55. The van der Waals surface area contributed by atoms with Crippen LogP contribution in [-0.2, 0) is 20.9 Å². The van der Waals surface area contributed by atoms with Gasteiger partial charge in [-0.25, -0.2) is 0 Å². The van der Waals surface area contributed by atoms with E-state index in [2.05, 4.69) is 9.97 Å². The van der Waals surface area contributed by atoms with Crippen molar-refractivity contribution in [3.63, 3.8) is 0 Å². The third-order valence-corrected chi connectivity index (χ3v) is 5.77. The number of amides is 2. The Hall–Kier alpha value is -2.02. The maximum Gasteiger partial charge on any atom is 0.251 e. The second-order valence-corrected chi connectivity index (χ2v) is 7.60. The highest BCUT2D eigenvalue weighted by Gasteiger charge is 2.42. The molecule has 0 saturated carbocycles. The molecule has 2 saturated heterocycles. The summed E-state index contributed by atoms with van der Waals surface area (Å²) in [6.45, 7) is 6.41. The Balaban J connectivity index is 1.62. The molecule has 7 heteroatoms. The lowest BCUT2D eigenvalue weighted by Gasteiger charge is -2.47. The largest absolute Gasteiger partial charge is 0.372 e. The first-order valence-corrected chi connectivity index (χ1v) is 9.29. The molecule has 1 aromatic heterocycles. The third kappa shape index (κ3) is 4.03. The van der Waals surface area contributed by atoms with Crippen molar-refractivity contribution in [1.82, 2.24) is 19.8 Å². The van der Waals surface area contributed by atoms with Crippen molar-refractivity contribution in [1.29, 1.82) is 0 Å². The topological polar surface area (TPSA) is 75.6 Å². The average molecular weight is 360 g/mol. The number of hydrogen-bond acceptors (Lipinski definition) is 5. The minimum absolute atomic E-state index is 0.0565. The zero-order valence-corrected chi connectivity index (χ0v) is 15.9. The molecular weight excluding hydrogens is 332 g/mol. The van der Waals surface area contributed by atoms with Crippen molar-refractivity contribution in [2.24, 2.45) is 5.41 Å². The Morgan fingerprint density at radius 2 is 2.00 bits per heavy atom. The first-order chi connectivity index (χ1) is 12.4. The Morgan fingerprint density at radius 1 is 1.27 bits per heavy atom. The first-order valence-electron chi connectivity index (χ1n) is 9.29. The SMILES string of the molecule is COC(C)C(=O)N1CCC2(CCC(=O)N(Cc3cnc(C)cn3)C2)CC1. The second kappa shape index (κ2) is 7.70. The number of nitrogens with zero attached hydrogens (tertiary/aromatic N) is 4. The van der Waals surface area contributed by atoms with E-state index in [9.17, 15) is 9.59 Å². The fourth-order valence-corrected chi connectivity index (χ4v) is 3.91. The molecule has 2 amide bonds. The number of carbonyl (C=O) groups excluding carboxylic acids is 2. The van der Waals surface area contributed by atoms with E-state index in [0.29, 0.717) is 13.0 Å². The molecule has 1 spiro atoms. The first kappa shape index (κ1) is 18.8. The molecule has 7 nitrogen and oxygen atoms in total. The predicted molar refractivity (Wildman–Crippen MR) is 96.1 cm³/mol. The summed E-state index contributed by atoms with van der Waals surface area (Å²) in [6, 6.07) is 0. The van der Waals surface area contributed by atoms with Crippen LogP contribution < -0.4 is 0 Å². The number of aryl methyl sites for hydroxylation is 1. The van der Waals surface area contributed by atoms with Crippen molar-refractivity contribution in [2.45, 2.75) is 52.2 Å². The van der Waals surface area contributed by atoms with Crippen LogP contribution in [0.2, 0.25) is 0 Å². The number of methoxy groups -OCH3 is 1. The quantitative estimate of drug-likeness (QED) is 0.814. The highest BCUT2D eigenvalue weighted by molar-refractivity contribution is 5.80. The lowest BCUT2D eigenvalue weighted by Crippen LogP contribution is -2.53. The zero-order chi connectivity index (χ0) is 18.7. The van der Waals surface area contributed by atoms with Crippen molar-refractivity contribution >= 4 is 11.8 Å². The van der Waals surface area contributed by atoms with Crippen LogP contribution in [0.25, 0.3) is 0 Å². The highest BCUT2D eigenvalue weighted by Crippen LogP contribution is 2.40. The molecule has 1 atom stereocenters. The van der Waals surface area contributed by atoms with Gasteiger partial charge in [0.25, 0.3) is 5.91 Å². The molecule has 0 N–H and O–H groups in total. The molecule has 2 aliphatic heterocycles. The van der Waals surface area contributed by atoms with Crippen LogP contribution in [-0.4, -0.2) is 64.4 Å². The van der Waals surface area contributed by atoms with Gasteiger partial charge in [0.1, 0.15) is 6.10 Å². The summed E-state index contributed by atoms with van der Waals surface area (Å²) in [6.07, 6.45) is 6.43. The van der Waals surface area contributed by atoms with Gasteiger partial charge in [0.15, 0.2) is 0 Å². The molecule has 2 aliphatic rings. The molecule has 1 aromatic rings. The highest BCUT2D eigenvalue weighted by atomic mass is 16.5. The number of aromatic nitrogens is 2. The Morgan fingerprint density at radius 3 is 2.62 bits per heavy atom. The molecule has 142 valence electrons. The van der Waals surface area contributed by atoms with E-state index in [-0.39, 0.29) is 17.2 Å². The smallest absolute Gasteiger partial charge is 0.251 e. The van der Waals surface area contributed by atoms with Gasteiger partial charge in [-0.15, -0.1) is 0 Å². The number of rotatable bonds is 4. The summed E-state index contributed by atoms with van der Waals surface area (Å²) in [4.78, 5) is 37.2. The molecule has 0 bridgehead atoms. The van der Waals surface area contributed by atoms with Gasteiger partial charge in [0, 0.05) is 39.4 Å². The summed E-state index contributed by atoms with van der Waals surface area (Å²) in [5, 5.41) is 0. The molecule has 2 fully saturated rings. The molecule has 3 rings (SSSR count). The van der Waals surface area contributed by atoms with Gasteiger partial charge in [-0.05, 0) is 38.5 Å². The molecule has 0 aromatic carbocycles. The Bertz CT molecular complexity index is 653. The van der Waals surface area contributed by atoms with Crippen LogP contribution in [0.1, 0.15) is 44.0 Å². The van der Waals surface area contributed by atoms with Gasteiger partial charge < -0.3 is 14.5 Å². The van der Waals surface area contributed by atoms with E-state index in [4.69, 9.17) is 4.74 Å². The second-order valence-electron chi connectivity index (χ2n) is 7.60. The minimum atomic E-state index is -0.395. The van der Waals surface area contributed by atoms with E-state index in [1.807, 2.05) is 16.7 Å². The zero-order valence-electron chi connectivity index (χ0n) is 15.9. The van der Waals surface area contributed by atoms with E-state index < -0.39 is 6.10 Å². The predicted octanol–water partition coefficient (Wildman–Crippen LogP) is 1.55. The molecule has 0 aliphatic carbocycles. The molecular formula is C19H28N4O3. The summed E-state index contributed by atoms with van der Waals surface area (Å²) in [5.74, 6) is 0.241. The number of piperidine rings is 2. The summed E-state index contributed by atoms with van der Waals surface area (Å²) in [7, 11) is 1.56. The molecule has 0 radical (unpaired) electrons. The van der Waals surface area contributed by atoms with E-state index >= 15 is 0 Å². The maximum absolute atomic E-state index is 12.4. The normalized spacial score (nSPS) is 21.1. The van der Waals surface area contributed by atoms with Crippen LogP contribution in [0.4, 0.5) is 0 Å². The summed E-state index contributed by atoms with van der Waals surface area (Å²) in [5.41, 5.74) is 1.80. The fraction of sp³-hybridized carbons (Fsp3) is 0.684. The average Bonchev–Trinajstić information content (AvgIpc) is 2.66. The van der Waals surface area contributed by atoms with Crippen LogP contribution in [0.15, 0.2) is 12.4 Å². The van der Waals surface area contributed by atoms with Gasteiger partial charge in [-0.1, -0.05) is 0 Å². The number of hydrogen-bond donors (Lipinski definition) is 0. The van der Waals surface area contributed by atoms with Crippen molar-refractivity contribution in [2.75, 3.05) is 26.7 Å². The third-order valence-electron chi connectivity index (χ3n) is 5.77. The van der Waals surface area contributed by atoms with Gasteiger partial charge >= 0.3 is 0 Å².